The molecule has 1 saturated carbocycles. The second-order valence-corrected chi connectivity index (χ2v) is 7.68. The predicted molar refractivity (Wildman–Crippen MR) is 110 cm³/mol. The molecule has 1 N–H and O–H groups in total. The van der Waals surface area contributed by atoms with Crippen LogP contribution < -0.4 is 10.9 Å². The Labute approximate surface area is 164 Å². The molecule has 144 valence electrons. The van der Waals surface area contributed by atoms with Gasteiger partial charge in [0.25, 0.3) is 11.5 Å². The van der Waals surface area contributed by atoms with E-state index in [1.54, 1.807) is 12.1 Å². The number of benzene rings is 2. The summed E-state index contributed by atoms with van der Waals surface area (Å²) in [7, 11) is 0. The van der Waals surface area contributed by atoms with Gasteiger partial charge in [-0.05, 0) is 30.4 Å². The van der Waals surface area contributed by atoms with Crippen molar-refractivity contribution >= 4 is 16.7 Å². The number of carbonyl (C=O) groups excluding carboxylic acids is 1. The molecule has 1 heterocycles. The first kappa shape index (κ1) is 18.4. The lowest BCUT2D eigenvalue weighted by Gasteiger charge is -2.29. The topological polar surface area (TPSA) is 64.0 Å². The molecule has 2 unspecified atom stereocenters. The van der Waals surface area contributed by atoms with Crippen LogP contribution >= 0.6 is 0 Å². The SMILES string of the molecule is CC1CCCCC1NC(=O)c1nn(Cc2ccccc2)c(=O)c2ccccc12. The highest BCUT2D eigenvalue weighted by molar-refractivity contribution is 6.04. The van der Waals surface area contributed by atoms with E-state index in [4.69, 9.17) is 0 Å². The first-order valence-electron chi connectivity index (χ1n) is 9.98. The Kier molecular flexibility index (Phi) is 5.24. The molecule has 0 saturated heterocycles. The van der Waals surface area contributed by atoms with Gasteiger partial charge in [-0.1, -0.05) is 68.3 Å². The maximum absolute atomic E-state index is 13.1. The van der Waals surface area contributed by atoms with Crippen LogP contribution in [0.1, 0.15) is 48.7 Å². The van der Waals surface area contributed by atoms with Gasteiger partial charge in [-0.2, -0.15) is 5.10 Å². The van der Waals surface area contributed by atoms with Crippen molar-refractivity contribution in [3.8, 4) is 0 Å². The lowest BCUT2D eigenvalue weighted by Crippen LogP contribution is -2.42. The van der Waals surface area contributed by atoms with E-state index in [1.165, 1.54) is 11.1 Å². The summed E-state index contributed by atoms with van der Waals surface area (Å²) >= 11 is 0. The van der Waals surface area contributed by atoms with Crippen LogP contribution in [0.15, 0.2) is 59.4 Å². The predicted octanol–water partition coefficient (Wildman–Crippen LogP) is 3.75. The number of amides is 1. The van der Waals surface area contributed by atoms with Crippen LogP contribution in [-0.2, 0) is 6.54 Å². The fourth-order valence-electron chi connectivity index (χ4n) is 4.03. The molecule has 0 spiro atoms. The molecule has 4 rings (SSSR count). The molecule has 1 amide bonds. The van der Waals surface area contributed by atoms with Gasteiger partial charge in [-0.25, -0.2) is 4.68 Å². The Hall–Kier alpha value is -2.95. The van der Waals surface area contributed by atoms with Crippen molar-refractivity contribution in [2.45, 2.75) is 45.2 Å². The second-order valence-electron chi connectivity index (χ2n) is 7.68. The van der Waals surface area contributed by atoms with Crippen molar-refractivity contribution in [1.29, 1.82) is 0 Å². The second kappa shape index (κ2) is 7.97. The van der Waals surface area contributed by atoms with Crippen molar-refractivity contribution in [3.63, 3.8) is 0 Å². The summed E-state index contributed by atoms with van der Waals surface area (Å²) < 4.78 is 1.40. The first-order chi connectivity index (χ1) is 13.6. The number of nitrogens with one attached hydrogen (secondary N) is 1. The van der Waals surface area contributed by atoms with Crippen LogP contribution in [0.3, 0.4) is 0 Å². The molecule has 1 aliphatic carbocycles. The molecular weight excluding hydrogens is 350 g/mol. The van der Waals surface area contributed by atoms with Crippen molar-refractivity contribution in [2.75, 3.05) is 0 Å². The van der Waals surface area contributed by atoms with E-state index < -0.39 is 0 Å². The summed E-state index contributed by atoms with van der Waals surface area (Å²) in [6.45, 7) is 2.52. The Morgan fingerprint density at radius 3 is 2.46 bits per heavy atom. The molecule has 1 fully saturated rings. The normalized spacial score (nSPS) is 19.5. The standard InChI is InChI=1S/C23H25N3O2/c1-16-9-5-8-14-20(16)24-22(27)21-18-12-6-7-13-19(18)23(28)26(25-21)15-17-10-3-2-4-11-17/h2-4,6-7,10-13,16,20H,5,8-9,14-15H2,1H3,(H,24,27). The molecule has 1 aliphatic rings. The van der Waals surface area contributed by atoms with Crippen LogP contribution in [0.2, 0.25) is 0 Å². The quantitative estimate of drug-likeness (QED) is 0.755. The first-order valence-corrected chi connectivity index (χ1v) is 9.98. The third-order valence-electron chi connectivity index (χ3n) is 5.69. The van der Waals surface area contributed by atoms with Gasteiger partial charge >= 0.3 is 0 Å². The van der Waals surface area contributed by atoms with Gasteiger partial charge in [0.2, 0.25) is 0 Å². The summed E-state index contributed by atoms with van der Waals surface area (Å²) in [6, 6.07) is 17.1. The van der Waals surface area contributed by atoms with E-state index in [0.29, 0.717) is 28.9 Å². The molecule has 0 bridgehead atoms. The number of hydrogen-bond acceptors (Lipinski definition) is 3. The summed E-state index contributed by atoms with van der Waals surface area (Å²) in [6.07, 6.45) is 4.48. The molecular formula is C23H25N3O2. The molecule has 2 atom stereocenters. The monoisotopic (exact) mass is 375 g/mol. The number of rotatable bonds is 4. The van der Waals surface area contributed by atoms with Crippen molar-refractivity contribution in [1.82, 2.24) is 15.1 Å². The summed E-state index contributed by atoms with van der Waals surface area (Å²) in [5.41, 5.74) is 1.12. The van der Waals surface area contributed by atoms with Crippen molar-refractivity contribution in [2.24, 2.45) is 5.92 Å². The van der Waals surface area contributed by atoms with Gasteiger partial charge in [-0.15, -0.1) is 0 Å². The van der Waals surface area contributed by atoms with Crippen LogP contribution in [0.25, 0.3) is 10.8 Å². The number of fused-ring (bicyclic) bond motifs is 1. The van der Waals surface area contributed by atoms with Gasteiger partial charge in [0, 0.05) is 11.4 Å². The third kappa shape index (κ3) is 3.70. The zero-order chi connectivity index (χ0) is 19.5. The lowest BCUT2D eigenvalue weighted by atomic mass is 9.86. The third-order valence-corrected chi connectivity index (χ3v) is 5.69. The van der Waals surface area contributed by atoms with E-state index >= 15 is 0 Å². The van der Waals surface area contributed by atoms with Crippen molar-refractivity contribution < 1.29 is 4.79 Å². The fourth-order valence-corrected chi connectivity index (χ4v) is 4.03. The lowest BCUT2D eigenvalue weighted by molar-refractivity contribution is 0.0904. The molecule has 5 heteroatoms. The average Bonchev–Trinajstić information content (AvgIpc) is 2.72. The zero-order valence-corrected chi connectivity index (χ0v) is 16.1. The van der Waals surface area contributed by atoms with Crippen LogP contribution in [0, 0.1) is 5.92 Å². The smallest absolute Gasteiger partial charge is 0.274 e. The average molecular weight is 375 g/mol. The maximum atomic E-state index is 13.1. The highest BCUT2D eigenvalue weighted by Crippen LogP contribution is 2.24. The van der Waals surface area contributed by atoms with E-state index in [0.717, 1.165) is 24.8 Å². The maximum Gasteiger partial charge on any atom is 0.274 e. The fraction of sp³-hybridized carbons (Fsp3) is 0.348. The Bertz CT molecular complexity index is 1040. The van der Waals surface area contributed by atoms with E-state index in [2.05, 4.69) is 17.3 Å². The number of aromatic nitrogens is 2. The van der Waals surface area contributed by atoms with Crippen LogP contribution in [-0.4, -0.2) is 21.7 Å². The van der Waals surface area contributed by atoms with E-state index in [9.17, 15) is 9.59 Å². The number of nitrogens with zero attached hydrogens (tertiary/aromatic N) is 2. The highest BCUT2D eigenvalue weighted by atomic mass is 16.2. The minimum absolute atomic E-state index is 0.163. The summed E-state index contributed by atoms with van der Waals surface area (Å²) in [4.78, 5) is 26.0. The van der Waals surface area contributed by atoms with Crippen molar-refractivity contribution in [3.05, 3.63) is 76.2 Å². The van der Waals surface area contributed by atoms with E-state index in [1.807, 2.05) is 42.5 Å². The summed E-state index contributed by atoms with van der Waals surface area (Å²) in [5, 5.41) is 8.78. The molecule has 28 heavy (non-hydrogen) atoms. The largest absolute Gasteiger partial charge is 0.348 e. The molecule has 2 aromatic carbocycles. The van der Waals surface area contributed by atoms with Gasteiger partial charge in [0.1, 0.15) is 0 Å². The zero-order valence-electron chi connectivity index (χ0n) is 16.1. The van der Waals surface area contributed by atoms with Gasteiger partial charge in [0.05, 0.1) is 11.9 Å². The van der Waals surface area contributed by atoms with Crippen LogP contribution in [0.4, 0.5) is 0 Å². The highest BCUT2D eigenvalue weighted by Gasteiger charge is 2.25. The molecule has 3 aromatic rings. The minimum atomic E-state index is -0.197. The minimum Gasteiger partial charge on any atom is -0.348 e. The Balaban J connectivity index is 1.73. The number of carbonyl (C=O) groups is 1. The molecule has 0 radical (unpaired) electrons. The van der Waals surface area contributed by atoms with Crippen LogP contribution in [0.5, 0.6) is 0 Å². The number of hydrogen-bond donors (Lipinski definition) is 1. The molecule has 5 nitrogen and oxygen atoms in total. The van der Waals surface area contributed by atoms with E-state index in [-0.39, 0.29) is 17.5 Å². The van der Waals surface area contributed by atoms with Gasteiger partial charge in [-0.3, -0.25) is 9.59 Å². The Morgan fingerprint density at radius 2 is 1.71 bits per heavy atom. The summed E-state index contributed by atoms with van der Waals surface area (Å²) in [5.74, 6) is 0.260. The van der Waals surface area contributed by atoms with Gasteiger partial charge < -0.3 is 5.32 Å². The van der Waals surface area contributed by atoms with Gasteiger partial charge in [0.15, 0.2) is 5.69 Å². The molecule has 1 aromatic heterocycles. The Morgan fingerprint density at radius 1 is 1.04 bits per heavy atom. The molecule has 0 aliphatic heterocycles.